The van der Waals surface area contributed by atoms with E-state index in [1.54, 1.807) is 0 Å². The first-order valence-corrected chi connectivity index (χ1v) is 5.77. The largest absolute Gasteiger partial charge is 1.00 e. The summed E-state index contributed by atoms with van der Waals surface area (Å²) >= 11 is 0. The second-order valence-corrected chi connectivity index (χ2v) is 4.89. The van der Waals surface area contributed by atoms with E-state index in [1.165, 1.54) is 0 Å². The van der Waals surface area contributed by atoms with E-state index in [1.807, 2.05) is 36.7 Å². The summed E-state index contributed by atoms with van der Waals surface area (Å²) in [5.74, 6) is 0. The lowest BCUT2D eigenvalue weighted by molar-refractivity contribution is -0.917. The summed E-state index contributed by atoms with van der Waals surface area (Å²) in [6.45, 7) is 1.83. The van der Waals surface area contributed by atoms with Crippen LogP contribution in [0.5, 0.6) is 0 Å². The van der Waals surface area contributed by atoms with Crippen LogP contribution in [-0.2, 0) is 13.1 Å². The number of rotatable bonds is 4. The van der Waals surface area contributed by atoms with Crippen LogP contribution in [0.2, 0.25) is 0 Å². The van der Waals surface area contributed by atoms with E-state index in [-0.39, 0.29) is 24.0 Å². The Hall–Kier alpha value is -1.01. The highest BCUT2D eigenvalue weighted by atomic mass is 127. The number of hydrogen-bond donors (Lipinski definition) is 0. The van der Waals surface area contributed by atoms with Crippen LogP contribution in [0.1, 0.15) is 11.4 Å². The molecular weight excluding hydrogens is 337 g/mol. The van der Waals surface area contributed by atoms with Crippen LogP contribution in [0, 0.1) is 0 Å². The second-order valence-electron chi connectivity index (χ2n) is 4.89. The molecule has 0 saturated carbocycles. The zero-order valence-electron chi connectivity index (χ0n) is 10.8. The highest BCUT2D eigenvalue weighted by Gasteiger charge is 2.17. The molecule has 96 valence electrons. The van der Waals surface area contributed by atoms with Crippen LogP contribution in [0.25, 0.3) is 0 Å². The molecule has 0 bridgehead atoms. The van der Waals surface area contributed by atoms with Crippen molar-refractivity contribution >= 4 is 0 Å². The lowest BCUT2D eigenvalue weighted by atomic mass is 10.2. The number of quaternary nitrogens is 1. The van der Waals surface area contributed by atoms with Gasteiger partial charge in [0.05, 0.1) is 25.5 Å². The zero-order chi connectivity index (χ0) is 12.1. The maximum absolute atomic E-state index is 4.37. The number of hydrogen-bond acceptors (Lipinski definition) is 2. The fourth-order valence-corrected chi connectivity index (χ4v) is 1.92. The van der Waals surface area contributed by atoms with Crippen molar-refractivity contribution < 1.29 is 28.5 Å². The average molecular weight is 355 g/mol. The first-order valence-electron chi connectivity index (χ1n) is 5.77. The topological polar surface area (TPSA) is 25.8 Å². The molecule has 0 N–H and O–H groups in total. The van der Waals surface area contributed by atoms with Gasteiger partial charge in [0.2, 0.25) is 0 Å². The Balaban J connectivity index is 0.00000162. The first-order chi connectivity index (χ1) is 8.16. The Labute approximate surface area is 126 Å². The van der Waals surface area contributed by atoms with E-state index in [2.05, 4.69) is 36.2 Å². The summed E-state index contributed by atoms with van der Waals surface area (Å²) in [4.78, 5) is 8.74. The molecule has 0 amide bonds. The molecule has 2 rings (SSSR count). The molecule has 18 heavy (non-hydrogen) atoms. The molecule has 0 radical (unpaired) electrons. The van der Waals surface area contributed by atoms with Crippen molar-refractivity contribution in [1.29, 1.82) is 0 Å². The van der Waals surface area contributed by atoms with Gasteiger partial charge in [0.25, 0.3) is 0 Å². The molecule has 0 fully saturated rings. The van der Waals surface area contributed by atoms with Gasteiger partial charge in [0.15, 0.2) is 0 Å². The minimum atomic E-state index is 0. The Morgan fingerprint density at radius 1 is 0.833 bits per heavy atom. The third-order valence-corrected chi connectivity index (χ3v) is 2.63. The molecule has 0 spiro atoms. The predicted molar refractivity (Wildman–Crippen MR) is 68.0 cm³/mol. The molecule has 0 atom stereocenters. The molecule has 0 saturated heterocycles. The number of pyridine rings is 2. The fourth-order valence-electron chi connectivity index (χ4n) is 1.92. The molecule has 0 aromatic carbocycles. The second kappa shape index (κ2) is 6.80. The van der Waals surface area contributed by atoms with Gasteiger partial charge in [-0.2, -0.15) is 0 Å². The molecule has 3 nitrogen and oxygen atoms in total. The van der Waals surface area contributed by atoms with Crippen molar-refractivity contribution in [3.63, 3.8) is 0 Å². The van der Waals surface area contributed by atoms with Gasteiger partial charge in [-0.15, -0.1) is 0 Å². The Kier molecular flexibility index (Phi) is 5.68. The van der Waals surface area contributed by atoms with Gasteiger partial charge in [0, 0.05) is 12.4 Å². The van der Waals surface area contributed by atoms with E-state index in [0.29, 0.717) is 0 Å². The van der Waals surface area contributed by atoms with Crippen molar-refractivity contribution in [2.24, 2.45) is 0 Å². The van der Waals surface area contributed by atoms with Crippen LogP contribution in [0.4, 0.5) is 0 Å². The Morgan fingerprint density at radius 3 is 1.61 bits per heavy atom. The number of halogens is 1. The molecule has 2 heterocycles. The smallest absolute Gasteiger partial charge is 0.121 e. The quantitative estimate of drug-likeness (QED) is 0.533. The van der Waals surface area contributed by atoms with Crippen molar-refractivity contribution in [2.45, 2.75) is 13.1 Å². The molecule has 4 heteroatoms. The molecule has 0 aliphatic carbocycles. The third kappa shape index (κ3) is 4.70. The summed E-state index contributed by atoms with van der Waals surface area (Å²) in [6.07, 6.45) is 3.69. The molecule has 0 unspecified atom stereocenters. The van der Waals surface area contributed by atoms with Crippen LogP contribution in [-0.4, -0.2) is 28.5 Å². The maximum Gasteiger partial charge on any atom is 0.121 e. The summed E-state index contributed by atoms with van der Waals surface area (Å²) in [7, 11) is 4.40. The van der Waals surface area contributed by atoms with E-state index in [0.717, 1.165) is 29.0 Å². The van der Waals surface area contributed by atoms with E-state index in [9.17, 15) is 0 Å². The summed E-state index contributed by atoms with van der Waals surface area (Å²) < 4.78 is 0.855. The van der Waals surface area contributed by atoms with Gasteiger partial charge in [-0.3, -0.25) is 9.97 Å². The van der Waals surface area contributed by atoms with Gasteiger partial charge < -0.3 is 28.5 Å². The highest BCUT2D eigenvalue weighted by molar-refractivity contribution is 5.03. The first kappa shape index (κ1) is 15.0. The predicted octanol–water partition coefficient (Wildman–Crippen LogP) is -0.743. The van der Waals surface area contributed by atoms with E-state index < -0.39 is 0 Å². The lowest BCUT2D eigenvalue weighted by Crippen LogP contribution is -3.00. The number of aromatic nitrogens is 2. The fraction of sp³-hybridized carbons (Fsp3) is 0.286. The normalized spacial score (nSPS) is 10.8. The molecule has 0 aliphatic rings. The summed E-state index contributed by atoms with van der Waals surface area (Å²) in [6, 6.07) is 12.1. The summed E-state index contributed by atoms with van der Waals surface area (Å²) in [5.41, 5.74) is 2.24. The molecule has 2 aromatic heterocycles. The van der Waals surface area contributed by atoms with Crippen LogP contribution >= 0.6 is 0 Å². The van der Waals surface area contributed by atoms with Crippen molar-refractivity contribution in [2.75, 3.05) is 14.1 Å². The van der Waals surface area contributed by atoms with Crippen LogP contribution in [0.3, 0.4) is 0 Å². The van der Waals surface area contributed by atoms with Gasteiger partial charge in [0.1, 0.15) is 13.1 Å². The van der Waals surface area contributed by atoms with Crippen LogP contribution in [0.15, 0.2) is 48.8 Å². The minimum absolute atomic E-state index is 0. The standard InChI is InChI=1S/C14H18N3.HI/c1-17(2,11-13-7-3-5-9-15-13)12-14-8-4-6-10-16-14;/h3-10H,11-12H2,1-2H3;1H/q+1;/p-1. The Morgan fingerprint density at radius 2 is 1.28 bits per heavy atom. The van der Waals surface area contributed by atoms with Gasteiger partial charge in [-0.25, -0.2) is 0 Å². The van der Waals surface area contributed by atoms with E-state index >= 15 is 0 Å². The molecular formula is C14H18IN3. The zero-order valence-corrected chi connectivity index (χ0v) is 12.9. The van der Waals surface area contributed by atoms with Crippen LogP contribution < -0.4 is 24.0 Å². The molecule has 2 aromatic rings. The van der Waals surface area contributed by atoms with E-state index in [4.69, 9.17) is 0 Å². The van der Waals surface area contributed by atoms with Gasteiger partial charge in [-0.05, 0) is 24.3 Å². The SMILES string of the molecule is C[N+](C)(Cc1ccccn1)Cc1ccccn1.[I-]. The third-order valence-electron chi connectivity index (χ3n) is 2.63. The van der Waals surface area contributed by atoms with Crippen molar-refractivity contribution in [3.05, 3.63) is 60.2 Å². The van der Waals surface area contributed by atoms with Crippen molar-refractivity contribution in [1.82, 2.24) is 9.97 Å². The molecule has 0 aliphatic heterocycles. The monoisotopic (exact) mass is 355 g/mol. The van der Waals surface area contributed by atoms with Gasteiger partial charge >= 0.3 is 0 Å². The number of nitrogens with zero attached hydrogens (tertiary/aromatic N) is 3. The Bertz CT molecular complexity index is 413. The summed E-state index contributed by atoms with van der Waals surface area (Å²) in [5, 5.41) is 0. The van der Waals surface area contributed by atoms with Gasteiger partial charge in [-0.1, -0.05) is 12.1 Å². The highest BCUT2D eigenvalue weighted by Crippen LogP contribution is 2.11. The average Bonchev–Trinajstić information content (AvgIpc) is 2.30. The van der Waals surface area contributed by atoms with Crippen molar-refractivity contribution in [3.8, 4) is 0 Å². The maximum atomic E-state index is 4.37. The lowest BCUT2D eigenvalue weighted by Gasteiger charge is -2.28. The minimum Gasteiger partial charge on any atom is -1.00 e.